The second-order valence-electron chi connectivity index (χ2n) is 8.16. The minimum absolute atomic E-state index is 0.150. The van der Waals surface area contributed by atoms with Gasteiger partial charge in [-0.15, -0.1) is 0 Å². The summed E-state index contributed by atoms with van der Waals surface area (Å²) in [7, 11) is -3.57. The van der Waals surface area contributed by atoms with Gasteiger partial charge in [0.15, 0.2) is 11.5 Å². The Hall–Kier alpha value is -2.91. The van der Waals surface area contributed by atoms with Gasteiger partial charge in [-0.1, -0.05) is 0 Å². The van der Waals surface area contributed by atoms with E-state index in [1.807, 2.05) is 18.2 Å². The molecule has 164 valence electrons. The van der Waals surface area contributed by atoms with Crippen molar-refractivity contribution in [2.24, 2.45) is 0 Å². The summed E-state index contributed by atoms with van der Waals surface area (Å²) < 4.78 is 32.7. The Morgan fingerprint density at radius 2 is 1.74 bits per heavy atom. The van der Waals surface area contributed by atoms with E-state index in [1.54, 1.807) is 32.9 Å². The van der Waals surface area contributed by atoms with E-state index >= 15 is 0 Å². The highest BCUT2D eigenvalue weighted by atomic mass is 32.2. The van der Waals surface area contributed by atoms with Gasteiger partial charge in [0.05, 0.1) is 4.90 Å². The normalized spacial score (nSPS) is 15.2. The molecule has 0 saturated heterocycles. The van der Waals surface area contributed by atoms with Crippen LogP contribution >= 0.6 is 0 Å². The van der Waals surface area contributed by atoms with E-state index in [9.17, 15) is 13.2 Å². The van der Waals surface area contributed by atoms with Gasteiger partial charge >= 0.3 is 0 Å². The molecular formula is C22H26N4O4S. The molecule has 1 amide bonds. The number of amides is 1. The molecule has 1 aromatic heterocycles. The Morgan fingerprint density at radius 1 is 1.06 bits per heavy atom. The Labute approximate surface area is 181 Å². The molecule has 0 aliphatic heterocycles. The largest absolute Gasteiger partial charge is 0.440 e. The molecule has 2 aromatic carbocycles. The molecule has 0 radical (unpaired) electrons. The molecule has 1 atom stereocenters. The maximum absolute atomic E-state index is 12.6. The standard InChI is InChI=1S/C22H26N4O4S/c1-13(2)26-31(28,29)18-9-6-16(7-10-18)24-21(27)14(3)23-17-8-11-20-19(12-17)25-22(30-20)15-4-5-15/h6-15,23,26H,4-5H2,1-3H3,(H,24,27). The van der Waals surface area contributed by atoms with Crippen molar-refractivity contribution >= 4 is 38.4 Å². The Bertz CT molecular complexity index is 1200. The second-order valence-corrected chi connectivity index (χ2v) is 9.88. The summed E-state index contributed by atoms with van der Waals surface area (Å²) in [6, 6.07) is 10.9. The van der Waals surface area contributed by atoms with E-state index in [0.29, 0.717) is 11.6 Å². The molecular weight excluding hydrogens is 416 g/mol. The molecule has 1 fully saturated rings. The van der Waals surface area contributed by atoms with Crippen LogP contribution in [-0.2, 0) is 14.8 Å². The van der Waals surface area contributed by atoms with Gasteiger partial charge in [-0.05, 0) is 76.1 Å². The summed E-state index contributed by atoms with van der Waals surface area (Å²) in [4.78, 5) is 17.3. The number of anilines is 2. The van der Waals surface area contributed by atoms with Gasteiger partial charge in [-0.3, -0.25) is 4.79 Å². The first-order chi connectivity index (χ1) is 14.7. The molecule has 1 saturated carbocycles. The van der Waals surface area contributed by atoms with Crippen molar-refractivity contribution < 1.29 is 17.6 Å². The number of hydrogen-bond donors (Lipinski definition) is 3. The number of carbonyl (C=O) groups excluding carboxylic acids is 1. The average Bonchev–Trinajstić information content (AvgIpc) is 3.47. The first-order valence-corrected chi connectivity index (χ1v) is 11.8. The maximum atomic E-state index is 12.6. The fourth-order valence-corrected chi connectivity index (χ4v) is 4.45. The summed E-state index contributed by atoms with van der Waals surface area (Å²) in [6.07, 6.45) is 2.24. The zero-order valence-electron chi connectivity index (χ0n) is 17.7. The van der Waals surface area contributed by atoms with E-state index in [2.05, 4.69) is 20.3 Å². The number of nitrogens with one attached hydrogen (secondary N) is 3. The molecule has 1 aliphatic carbocycles. The van der Waals surface area contributed by atoms with Crippen molar-refractivity contribution in [1.82, 2.24) is 9.71 Å². The third-order valence-corrected chi connectivity index (χ3v) is 6.60. The first-order valence-electron chi connectivity index (χ1n) is 10.3. The maximum Gasteiger partial charge on any atom is 0.246 e. The fraction of sp³-hybridized carbons (Fsp3) is 0.364. The number of oxazole rings is 1. The van der Waals surface area contributed by atoms with Crippen LogP contribution < -0.4 is 15.4 Å². The van der Waals surface area contributed by atoms with Gasteiger partial charge in [0.25, 0.3) is 0 Å². The third kappa shape index (κ3) is 5.05. The van der Waals surface area contributed by atoms with Crippen LogP contribution in [0.2, 0.25) is 0 Å². The smallest absolute Gasteiger partial charge is 0.246 e. The Balaban J connectivity index is 1.38. The number of sulfonamides is 1. The summed E-state index contributed by atoms with van der Waals surface area (Å²) in [6.45, 7) is 5.27. The van der Waals surface area contributed by atoms with Crippen molar-refractivity contribution in [1.29, 1.82) is 0 Å². The van der Waals surface area contributed by atoms with Crippen molar-refractivity contribution in [3.05, 3.63) is 48.4 Å². The number of hydrogen-bond acceptors (Lipinski definition) is 6. The lowest BCUT2D eigenvalue weighted by Gasteiger charge is -2.15. The zero-order chi connectivity index (χ0) is 22.2. The molecule has 1 aliphatic rings. The van der Waals surface area contributed by atoms with Crippen LogP contribution in [0.1, 0.15) is 45.4 Å². The van der Waals surface area contributed by atoms with Crippen LogP contribution in [0.15, 0.2) is 51.8 Å². The van der Waals surface area contributed by atoms with Crippen molar-refractivity contribution in [3.63, 3.8) is 0 Å². The molecule has 4 rings (SSSR count). The van der Waals surface area contributed by atoms with Gasteiger partial charge in [-0.25, -0.2) is 18.1 Å². The van der Waals surface area contributed by atoms with Crippen molar-refractivity contribution in [2.75, 3.05) is 10.6 Å². The third-order valence-electron chi connectivity index (χ3n) is 4.93. The van der Waals surface area contributed by atoms with E-state index in [-0.39, 0.29) is 16.8 Å². The van der Waals surface area contributed by atoms with Gasteiger partial charge in [-0.2, -0.15) is 0 Å². The van der Waals surface area contributed by atoms with Crippen LogP contribution in [0.4, 0.5) is 11.4 Å². The number of nitrogens with zero attached hydrogens (tertiary/aromatic N) is 1. The van der Waals surface area contributed by atoms with Crippen molar-refractivity contribution in [3.8, 4) is 0 Å². The monoisotopic (exact) mass is 442 g/mol. The minimum atomic E-state index is -3.57. The van der Waals surface area contributed by atoms with Crippen LogP contribution in [0.25, 0.3) is 11.1 Å². The highest BCUT2D eigenvalue weighted by Crippen LogP contribution is 2.40. The molecule has 31 heavy (non-hydrogen) atoms. The molecule has 8 nitrogen and oxygen atoms in total. The SMILES string of the molecule is CC(C)NS(=O)(=O)c1ccc(NC(=O)C(C)Nc2ccc3oc(C4CC4)nc3c2)cc1. The molecule has 0 bridgehead atoms. The Kier molecular flexibility index (Phi) is 5.72. The van der Waals surface area contributed by atoms with Gasteiger partial charge in [0.2, 0.25) is 15.9 Å². The number of benzene rings is 2. The minimum Gasteiger partial charge on any atom is -0.440 e. The lowest BCUT2D eigenvalue weighted by atomic mass is 10.2. The second kappa shape index (κ2) is 8.32. The predicted molar refractivity (Wildman–Crippen MR) is 120 cm³/mol. The molecule has 3 N–H and O–H groups in total. The molecule has 3 aromatic rings. The fourth-order valence-electron chi connectivity index (χ4n) is 3.20. The first kappa shape index (κ1) is 21.3. The number of carbonyl (C=O) groups is 1. The van der Waals surface area contributed by atoms with Crippen molar-refractivity contribution in [2.45, 2.75) is 56.5 Å². The summed E-state index contributed by atoms with van der Waals surface area (Å²) >= 11 is 0. The molecule has 9 heteroatoms. The molecule has 0 spiro atoms. The quantitative estimate of drug-likeness (QED) is 0.489. The van der Waals surface area contributed by atoms with E-state index < -0.39 is 16.1 Å². The lowest BCUT2D eigenvalue weighted by molar-refractivity contribution is -0.116. The number of aromatic nitrogens is 1. The van der Waals surface area contributed by atoms with Crippen LogP contribution in [-0.4, -0.2) is 31.4 Å². The predicted octanol–water partition coefficient (Wildman–Crippen LogP) is 3.83. The summed E-state index contributed by atoms with van der Waals surface area (Å²) in [5.41, 5.74) is 2.80. The molecule has 1 heterocycles. The van der Waals surface area contributed by atoms with E-state index in [4.69, 9.17) is 4.42 Å². The van der Waals surface area contributed by atoms with Gasteiger partial charge in [0, 0.05) is 23.3 Å². The summed E-state index contributed by atoms with van der Waals surface area (Å²) in [5.74, 6) is 0.984. The van der Waals surface area contributed by atoms with Crippen LogP contribution in [0, 0.1) is 0 Å². The van der Waals surface area contributed by atoms with Gasteiger partial charge in [0.1, 0.15) is 11.6 Å². The summed E-state index contributed by atoms with van der Waals surface area (Å²) in [5, 5.41) is 5.96. The zero-order valence-corrected chi connectivity index (χ0v) is 18.5. The average molecular weight is 443 g/mol. The number of fused-ring (bicyclic) bond motifs is 1. The van der Waals surface area contributed by atoms with Crippen LogP contribution in [0.5, 0.6) is 0 Å². The van der Waals surface area contributed by atoms with Gasteiger partial charge < -0.3 is 15.1 Å². The lowest BCUT2D eigenvalue weighted by Crippen LogP contribution is -2.32. The van der Waals surface area contributed by atoms with E-state index in [1.165, 1.54) is 12.1 Å². The number of rotatable bonds is 8. The Morgan fingerprint density at radius 3 is 2.39 bits per heavy atom. The van der Waals surface area contributed by atoms with E-state index in [0.717, 1.165) is 35.5 Å². The topological polar surface area (TPSA) is 113 Å². The highest BCUT2D eigenvalue weighted by molar-refractivity contribution is 7.89. The molecule has 1 unspecified atom stereocenters. The highest BCUT2D eigenvalue weighted by Gasteiger charge is 2.29. The van der Waals surface area contributed by atoms with Crippen LogP contribution in [0.3, 0.4) is 0 Å².